The van der Waals surface area contributed by atoms with Crippen LogP contribution in [0.4, 0.5) is 5.69 Å². The number of fused-ring (bicyclic) bond motifs is 1. The number of aryl methyl sites for hydroxylation is 1. The Morgan fingerprint density at radius 3 is 2.87 bits per heavy atom. The van der Waals surface area contributed by atoms with E-state index in [1.165, 1.54) is 5.56 Å². The molecule has 1 aromatic rings. The van der Waals surface area contributed by atoms with Crippen LogP contribution >= 0.6 is 12.2 Å². The zero-order chi connectivity index (χ0) is 10.8. The van der Waals surface area contributed by atoms with Gasteiger partial charge in [-0.3, -0.25) is 4.79 Å². The van der Waals surface area contributed by atoms with Crippen molar-refractivity contribution in [1.29, 1.82) is 0 Å². The van der Waals surface area contributed by atoms with Gasteiger partial charge < -0.3 is 10.0 Å². The van der Waals surface area contributed by atoms with E-state index in [1.54, 1.807) is 4.90 Å². The molecule has 78 valence electrons. The Morgan fingerprint density at radius 1 is 1.40 bits per heavy atom. The molecule has 4 heteroatoms. The van der Waals surface area contributed by atoms with Crippen molar-refractivity contribution in [3.8, 4) is 0 Å². The predicted octanol–water partition coefficient (Wildman–Crippen LogP) is 1.85. The lowest BCUT2D eigenvalue weighted by Crippen LogP contribution is -2.37. The first-order valence-electron chi connectivity index (χ1n) is 4.78. The lowest BCUT2D eigenvalue weighted by Gasteiger charge is -2.30. The first-order chi connectivity index (χ1) is 7.18. The first-order valence-corrected chi connectivity index (χ1v) is 5.19. The van der Waals surface area contributed by atoms with Crippen molar-refractivity contribution in [3.05, 3.63) is 29.8 Å². The SMILES string of the molecule is O=C(O)CN1C(=S)CCc2ccccc21. The Morgan fingerprint density at radius 2 is 2.13 bits per heavy atom. The number of hydrogen-bond acceptors (Lipinski definition) is 2. The van der Waals surface area contributed by atoms with Crippen LogP contribution in [0.15, 0.2) is 24.3 Å². The number of carbonyl (C=O) groups is 1. The van der Waals surface area contributed by atoms with Crippen LogP contribution in [0, 0.1) is 0 Å². The number of hydrogen-bond donors (Lipinski definition) is 1. The quantitative estimate of drug-likeness (QED) is 0.774. The van der Waals surface area contributed by atoms with Gasteiger partial charge in [0, 0.05) is 12.1 Å². The standard InChI is InChI=1S/C11H11NO2S/c13-11(14)7-12-9-4-2-1-3-8(9)5-6-10(12)15/h1-4H,5-7H2,(H,13,14). The van der Waals surface area contributed by atoms with Crippen LogP contribution in [0.25, 0.3) is 0 Å². The molecule has 0 unspecified atom stereocenters. The van der Waals surface area contributed by atoms with Crippen molar-refractivity contribution in [2.45, 2.75) is 12.8 Å². The Hall–Kier alpha value is -1.42. The number of carboxylic acids is 1. The molecule has 0 fully saturated rings. The van der Waals surface area contributed by atoms with E-state index < -0.39 is 5.97 Å². The van der Waals surface area contributed by atoms with E-state index in [-0.39, 0.29) is 6.54 Å². The zero-order valence-corrected chi connectivity index (χ0v) is 8.96. The van der Waals surface area contributed by atoms with Crippen LogP contribution in [0.2, 0.25) is 0 Å². The van der Waals surface area contributed by atoms with Crippen molar-refractivity contribution in [3.63, 3.8) is 0 Å². The van der Waals surface area contributed by atoms with Gasteiger partial charge in [-0.25, -0.2) is 0 Å². The topological polar surface area (TPSA) is 40.5 Å². The Bertz CT molecular complexity index is 417. The predicted molar refractivity (Wildman–Crippen MR) is 62.3 cm³/mol. The molecule has 1 heterocycles. The third kappa shape index (κ3) is 1.99. The number of carboxylic acid groups (broad SMARTS) is 1. The maximum Gasteiger partial charge on any atom is 0.323 e. The number of aliphatic carboxylic acids is 1. The van der Waals surface area contributed by atoms with Gasteiger partial charge in [0.05, 0.1) is 4.99 Å². The molecule has 1 aliphatic rings. The van der Waals surface area contributed by atoms with Crippen molar-refractivity contribution < 1.29 is 9.90 Å². The number of rotatable bonds is 2. The molecule has 0 bridgehead atoms. The van der Waals surface area contributed by atoms with E-state index in [1.807, 2.05) is 24.3 Å². The fraction of sp³-hybridized carbons (Fsp3) is 0.273. The molecule has 0 atom stereocenters. The highest BCUT2D eigenvalue weighted by Gasteiger charge is 2.22. The maximum absolute atomic E-state index is 10.7. The summed E-state index contributed by atoms with van der Waals surface area (Å²) in [5.74, 6) is -0.853. The Kier molecular flexibility index (Phi) is 2.68. The molecule has 0 aromatic heterocycles. The highest BCUT2D eigenvalue weighted by Crippen LogP contribution is 2.27. The summed E-state index contributed by atoms with van der Waals surface area (Å²) >= 11 is 5.18. The monoisotopic (exact) mass is 221 g/mol. The second kappa shape index (κ2) is 3.98. The van der Waals surface area contributed by atoms with Crippen LogP contribution in [-0.4, -0.2) is 22.6 Å². The summed E-state index contributed by atoms with van der Waals surface area (Å²) in [4.78, 5) is 13.1. The van der Waals surface area contributed by atoms with E-state index in [0.29, 0.717) is 0 Å². The molecule has 1 aliphatic heterocycles. The van der Waals surface area contributed by atoms with E-state index in [9.17, 15) is 4.79 Å². The van der Waals surface area contributed by atoms with Crippen LogP contribution in [0.3, 0.4) is 0 Å². The molecule has 0 saturated heterocycles. The molecule has 0 spiro atoms. The van der Waals surface area contributed by atoms with Gasteiger partial charge in [0.15, 0.2) is 0 Å². The largest absolute Gasteiger partial charge is 0.480 e. The molecule has 0 amide bonds. The Labute approximate surface area is 93.3 Å². The van der Waals surface area contributed by atoms with Crippen LogP contribution in [-0.2, 0) is 11.2 Å². The van der Waals surface area contributed by atoms with Crippen molar-refractivity contribution >= 4 is 28.9 Å². The summed E-state index contributed by atoms with van der Waals surface area (Å²) in [6.07, 6.45) is 1.67. The average Bonchev–Trinajstić information content (AvgIpc) is 2.22. The number of benzene rings is 1. The maximum atomic E-state index is 10.7. The second-order valence-electron chi connectivity index (χ2n) is 3.50. The van der Waals surface area contributed by atoms with Gasteiger partial charge in [0.2, 0.25) is 0 Å². The summed E-state index contributed by atoms with van der Waals surface area (Å²) in [7, 11) is 0. The van der Waals surface area contributed by atoms with Crippen molar-refractivity contribution in [2.24, 2.45) is 0 Å². The molecule has 0 aliphatic carbocycles. The first kappa shape index (κ1) is 10.1. The van der Waals surface area contributed by atoms with E-state index in [4.69, 9.17) is 17.3 Å². The van der Waals surface area contributed by atoms with E-state index >= 15 is 0 Å². The highest BCUT2D eigenvalue weighted by atomic mass is 32.1. The molecule has 0 saturated carbocycles. The van der Waals surface area contributed by atoms with E-state index in [2.05, 4.69) is 0 Å². The fourth-order valence-corrected chi connectivity index (χ4v) is 2.07. The zero-order valence-electron chi connectivity index (χ0n) is 8.14. The number of anilines is 1. The second-order valence-corrected chi connectivity index (χ2v) is 3.97. The minimum Gasteiger partial charge on any atom is -0.480 e. The molecule has 3 nitrogen and oxygen atoms in total. The summed E-state index contributed by atoms with van der Waals surface area (Å²) in [6.45, 7) is -0.0458. The van der Waals surface area contributed by atoms with Crippen LogP contribution in [0.5, 0.6) is 0 Å². The average molecular weight is 221 g/mol. The van der Waals surface area contributed by atoms with Gasteiger partial charge in [-0.2, -0.15) is 0 Å². The van der Waals surface area contributed by atoms with Crippen molar-refractivity contribution in [2.75, 3.05) is 11.4 Å². The fourth-order valence-electron chi connectivity index (χ4n) is 1.81. The van der Waals surface area contributed by atoms with E-state index in [0.717, 1.165) is 23.5 Å². The summed E-state index contributed by atoms with van der Waals surface area (Å²) in [5.41, 5.74) is 2.11. The molecule has 1 N–H and O–H groups in total. The molecular formula is C11H11NO2S. The molecule has 15 heavy (non-hydrogen) atoms. The summed E-state index contributed by atoms with van der Waals surface area (Å²) in [5, 5.41) is 8.81. The van der Waals surface area contributed by atoms with Gasteiger partial charge in [0.25, 0.3) is 0 Å². The van der Waals surface area contributed by atoms with Crippen LogP contribution in [0.1, 0.15) is 12.0 Å². The third-order valence-electron chi connectivity index (χ3n) is 2.49. The van der Waals surface area contributed by atoms with Crippen molar-refractivity contribution in [1.82, 2.24) is 0 Å². The van der Waals surface area contributed by atoms with Gasteiger partial charge >= 0.3 is 5.97 Å². The molecule has 0 radical (unpaired) electrons. The highest BCUT2D eigenvalue weighted by molar-refractivity contribution is 7.80. The number of nitrogens with zero attached hydrogens (tertiary/aromatic N) is 1. The minimum atomic E-state index is -0.853. The number of thiocarbonyl (C=S) groups is 1. The minimum absolute atomic E-state index is 0.0458. The lowest BCUT2D eigenvalue weighted by molar-refractivity contribution is -0.135. The smallest absolute Gasteiger partial charge is 0.323 e. The van der Waals surface area contributed by atoms with Gasteiger partial charge in [-0.1, -0.05) is 30.4 Å². The Balaban J connectivity index is 2.37. The van der Waals surface area contributed by atoms with Gasteiger partial charge in [-0.15, -0.1) is 0 Å². The summed E-state index contributed by atoms with van der Waals surface area (Å²) in [6, 6.07) is 7.81. The molecular weight excluding hydrogens is 210 g/mol. The molecule has 1 aromatic carbocycles. The normalized spacial score (nSPS) is 14.9. The lowest BCUT2D eigenvalue weighted by atomic mass is 10.0. The summed E-state index contributed by atoms with van der Waals surface area (Å²) < 4.78 is 0. The van der Waals surface area contributed by atoms with Crippen LogP contribution < -0.4 is 4.90 Å². The third-order valence-corrected chi connectivity index (χ3v) is 2.91. The molecule has 2 rings (SSSR count). The van der Waals surface area contributed by atoms with Gasteiger partial charge in [-0.05, 0) is 18.1 Å². The van der Waals surface area contributed by atoms with Gasteiger partial charge in [0.1, 0.15) is 6.54 Å². The number of para-hydroxylation sites is 1.